The average molecular weight is 287 g/mol. The fraction of sp³-hybridized carbons (Fsp3) is 0.700. The molecule has 1 aliphatic carbocycles. The lowest BCUT2D eigenvalue weighted by Gasteiger charge is -2.31. The van der Waals surface area contributed by atoms with Gasteiger partial charge in [0.2, 0.25) is 0 Å². The fourth-order valence-corrected chi connectivity index (χ4v) is 3.89. The predicted molar refractivity (Wildman–Crippen MR) is 92.7 cm³/mol. The molecule has 0 spiro atoms. The van der Waals surface area contributed by atoms with E-state index in [0.717, 1.165) is 12.0 Å². The first-order valence-electron chi connectivity index (χ1n) is 8.79. The van der Waals surface area contributed by atoms with E-state index in [1.54, 1.807) is 0 Å². The normalized spacial score (nSPS) is 25.3. The largest absolute Gasteiger partial charge is 0.311 e. The summed E-state index contributed by atoms with van der Waals surface area (Å²) in [6, 6.07) is 12.3. The monoisotopic (exact) mass is 287 g/mol. The van der Waals surface area contributed by atoms with Crippen LogP contribution < -0.4 is 5.32 Å². The smallest absolute Gasteiger partial charge is 0.00696 e. The van der Waals surface area contributed by atoms with E-state index in [2.05, 4.69) is 63.3 Å². The minimum absolute atomic E-state index is 0.242. The van der Waals surface area contributed by atoms with Gasteiger partial charge in [-0.2, -0.15) is 0 Å². The van der Waals surface area contributed by atoms with Crippen LogP contribution >= 0.6 is 0 Å². The van der Waals surface area contributed by atoms with Crippen LogP contribution in [0.3, 0.4) is 0 Å². The summed E-state index contributed by atoms with van der Waals surface area (Å²) in [4.78, 5) is 0. The minimum atomic E-state index is 0.242. The lowest BCUT2D eigenvalue weighted by atomic mass is 9.79. The molecule has 1 aliphatic rings. The first kappa shape index (κ1) is 16.5. The molecule has 2 rings (SSSR count). The maximum absolute atomic E-state index is 3.91. The molecule has 21 heavy (non-hydrogen) atoms. The molecule has 1 saturated carbocycles. The highest BCUT2D eigenvalue weighted by atomic mass is 14.9. The minimum Gasteiger partial charge on any atom is -0.311 e. The van der Waals surface area contributed by atoms with Gasteiger partial charge in [0, 0.05) is 12.1 Å². The molecule has 118 valence electrons. The van der Waals surface area contributed by atoms with E-state index in [0.29, 0.717) is 6.04 Å². The van der Waals surface area contributed by atoms with Crippen molar-refractivity contribution in [1.29, 1.82) is 0 Å². The van der Waals surface area contributed by atoms with Gasteiger partial charge in [-0.25, -0.2) is 0 Å². The highest BCUT2D eigenvalue weighted by Crippen LogP contribution is 2.29. The summed E-state index contributed by atoms with van der Waals surface area (Å²) in [6.45, 7) is 9.51. The second kappa shape index (κ2) is 7.45. The number of hydrogen-bond acceptors (Lipinski definition) is 1. The van der Waals surface area contributed by atoms with Crippen molar-refractivity contribution in [2.45, 2.75) is 83.7 Å². The van der Waals surface area contributed by atoms with E-state index in [-0.39, 0.29) is 5.41 Å². The number of rotatable bonds is 5. The van der Waals surface area contributed by atoms with Crippen LogP contribution in [0.2, 0.25) is 0 Å². The molecule has 0 saturated heterocycles. The van der Waals surface area contributed by atoms with E-state index in [4.69, 9.17) is 0 Å². The molecular formula is C20H33N. The summed E-state index contributed by atoms with van der Waals surface area (Å²) in [5.41, 5.74) is 1.69. The van der Waals surface area contributed by atoms with Crippen molar-refractivity contribution in [3.63, 3.8) is 0 Å². The summed E-state index contributed by atoms with van der Waals surface area (Å²) in [5.74, 6) is 0.924. The number of hydrogen-bond donors (Lipinski definition) is 1. The molecule has 0 radical (unpaired) electrons. The Kier molecular flexibility index (Phi) is 5.87. The van der Waals surface area contributed by atoms with Crippen LogP contribution in [0.4, 0.5) is 0 Å². The summed E-state index contributed by atoms with van der Waals surface area (Å²) in [5, 5.41) is 3.91. The Morgan fingerprint density at radius 3 is 2.52 bits per heavy atom. The summed E-state index contributed by atoms with van der Waals surface area (Å²) < 4.78 is 0. The van der Waals surface area contributed by atoms with Crippen LogP contribution in [-0.2, 0) is 5.41 Å². The van der Waals surface area contributed by atoms with Crippen molar-refractivity contribution < 1.29 is 0 Å². The van der Waals surface area contributed by atoms with Gasteiger partial charge < -0.3 is 5.32 Å². The van der Waals surface area contributed by atoms with E-state index >= 15 is 0 Å². The van der Waals surface area contributed by atoms with Crippen molar-refractivity contribution >= 4 is 0 Å². The Labute approximate surface area is 131 Å². The van der Waals surface area contributed by atoms with Gasteiger partial charge in [-0.05, 0) is 49.5 Å². The van der Waals surface area contributed by atoms with Gasteiger partial charge in [0.15, 0.2) is 0 Å². The Bertz CT molecular complexity index is 409. The lowest BCUT2D eigenvalue weighted by molar-refractivity contribution is 0.337. The summed E-state index contributed by atoms with van der Waals surface area (Å²) in [6.07, 6.45) is 8.13. The SMILES string of the molecule is CC1CCCC(NC(C)CC(C)(C)c2ccccc2)CC1. The van der Waals surface area contributed by atoms with Crippen molar-refractivity contribution in [2.24, 2.45) is 5.92 Å². The third-order valence-electron chi connectivity index (χ3n) is 5.15. The Morgan fingerprint density at radius 1 is 1.10 bits per heavy atom. The molecule has 1 aromatic carbocycles. The van der Waals surface area contributed by atoms with Gasteiger partial charge in [-0.15, -0.1) is 0 Å². The third kappa shape index (κ3) is 5.14. The maximum Gasteiger partial charge on any atom is 0.00696 e. The fourth-order valence-electron chi connectivity index (χ4n) is 3.89. The Morgan fingerprint density at radius 2 is 1.81 bits per heavy atom. The highest BCUT2D eigenvalue weighted by molar-refractivity contribution is 5.23. The lowest BCUT2D eigenvalue weighted by Crippen LogP contribution is -2.39. The van der Waals surface area contributed by atoms with Crippen LogP contribution in [0, 0.1) is 5.92 Å². The maximum atomic E-state index is 3.91. The van der Waals surface area contributed by atoms with Gasteiger partial charge in [0.05, 0.1) is 0 Å². The van der Waals surface area contributed by atoms with Gasteiger partial charge in [-0.1, -0.05) is 63.9 Å². The topological polar surface area (TPSA) is 12.0 Å². The Hall–Kier alpha value is -0.820. The van der Waals surface area contributed by atoms with E-state index in [1.807, 2.05) is 0 Å². The summed E-state index contributed by atoms with van der Waals surface area (Å²) >= 11 is 0. The average Bonchev–Trinajstić information content (AvgIpc) is 2.64. The standard InChI is InChI=1S/C20H33N/c1-16-9-8-12-19(14-13-16)21-17(2)15-20(3,4)18-10-6-5-7-11-18/h5-7,10-11,16-17,19,21H,8-9,12-15H2,1-4H3. The Balaban J connectivity index is 1.87. The van der Waals surface area contributed by atoms with Crippen molar-refractivity contribution in [3.8, 4) is 0 Å². The molecule has 1 N–H and O–H groups in total. The molecule has 0 bridgehead atoms. The van der Waals surface area contributed by atoms with Crippen LogP contribution in [-0.4, -0.2) is 12.1 Å². The molecule has 0 aromatic heterocycles. The quantitative estimate of drug-likeness (QED) is 0.724. The molecule has 1 nitrogen and oxygen atoms in total. The van der Waals surface area contributed by atoms with Crippen LogP contribution in [0.25, 0.3) is 0 Å². The van der Waals surface area contributed by atoms with Gasteiger partial charge in [0.1, 0.15) is 0 Å². The first-order valence-corrected chi connectivity index (χ1v) is 8.79. The molecule has 3 atom stereocenters. The van der Waals surface area contributed by atoms with E-state index < -0.39 is 0 Å². The van der Waals surface area contributed by atoms with Crippen molar-refractivity contribution in [1.82, 2.24) is 5.32 Å². The molecule has 1 aromatic rings. The molecule has 0 heterocycles. The van der Waals surface area contributed by atoms with Crippen LogP contribution in [0.15, 0.2) is 30.3 Å². The van der Waals surface area contributed by atoms with Gasteiger partial charge >= 0.3 is 0 Å². The van der Waals surface area contributed by atoms with Crippen molar-refractivity contribution in [3.05, 3.63) is 35.9 Å². The van der Waals surface area contributed by atoms with Crippen LogP contribution in [0.1, 0.15) is 71.8 Å². The van der Waals surface area contributed by atoms with E-state index in [9.17, 15) is 0 Å². The molecule has 3 unspecified atom stereocenters. The molecule has 0 aliphatic heterocycles. The second-order valence-corrected chi connectivity index (χ2v) is 7.83. The van der Waals surface area contributed by atoms with Crippen LogP contribution in [0.5, 0.6) is 0 Å². The third-order valence-corrected chi connectivity index (χ3v) is 5.15. The van der Waals surface area contributed by atoms with E-state index in [1.165, 1.54) is 44.1 Å². The molecule has 0 amide bonds. The zero-order valence-electron chi connectivity index (χ0n) is 14.4. The predicted octanol–water partition coefficient (Wildman–Crippen LogP) is 5.30. The van der Waals surface area contributed by atoms with Gasteiger partial charge in [0.25, 0.3) is 0 Å². The summed E-state index contributed by atoms with van der Waals surface area (Å²) in [7, 11) is 0. The molecular weight excluding hydrogens is 254 g/mol. The molecule has 1 heteroatoms. The number of benzene rings is 1. The second-order valence-electron chi connectivity index (χ2n) is 7.83. The first-order chi connectivity index (χ1) is 9.97. The number of nitrogens with one attached hydrogen (secondary N) is 1. The zero-order chi connectivity index (χ0) is 15.3. The van der Waals surface area contributed by atoms with Gasteiger partial charge in [-0.3, -0.25) is 0 Å². The highest BCUT2D eigenvalue weighted by Gasteiger charge is 2.25. The molecule has 1 fully saturated rings. The van der Waals surface area contributed by atoms with Crippen molar-refractivity contribution in [2.75, 3.05) is 0 Å². The zero-order valence-corrected chi connectivity index (χ0v) is 14.4.